The van der Waals surface area contributed by atoms with E-state index < -0.39 is 0 Å². The molecule has 0 bridgehead atoms. The highest BCUT2D eigenvalue weighted by Gasteiger charge is 2.26. The van der Waals surface area contributed by atoms with Gasteiger partial charge in [0.25, 0.3) is 0 Å². The molecule has 74 valence electrons. The van der Waals surface area contributed by atoms with Crippen LogP contribution in [-0.2, 0) is 11.8 Å². The summed E-state index contributed by atoms with van der Waals surface area (Å²) in [6, 6.07) is -0.236. The molecule has 0 aliphatic carbocycles. The minimum absolute atomic E-state index is 0.0244. The second-order valence-corrected chi connectivity index (χ2v) is 3.28. The van der Waals surface area contributed by atoms with Gasteiger partial charge in [0, 0.05) is 7.05 Å². The van der Waals surface area contributed by atoms with Crippen molar-refractivity contribution in [1.82, 2.24) is 14.9 Å². The van der Waals surface area contributed by atoms with Crippen molar-refractivity contribution in [1.29, 1.82) is 0 Å². The maximum absolute atomic E-state index is 11.4. The highest BCUT2D eigenvalue weighted by molar-refractivity contribution is 6.12. The zero-order valence-corrected chi connectivity index (χ0v) is 8.19. The monoisotopic (exact) mass is 192 g/mol. The quantitative estimate of drug-likeness (QED) is 0.721. The van der Waals surface area contributed by atoms with Crippen LogP contribution in [0.25, 0.3) is 0 Å². The number of hydrogen-bond acceptors (Lipinski definition) is 3. The van der Waals surface area contributed by atoms with Crippen molar-refractivity contribution in [2.75, 3.05) is 0 Å². The van der Waals surface area contributed by atoms with Crippen LogP contribution in [-0.4, -0.2) is 27.3 Å². The molecular weight excluding hydrogens is 180 g/mol. The Balaban J connectivity index is 2.30. The van der Waals surface area contributed by atoms with Crippen LogP contribution in [0.3, 0.4) is 0 Å². The number of hydrogen-bond donors (Lipinski definition) is 1. The first-order valence-electron chi connectivity index (χ1n) is 4.57. The molecule has 5 nitrogen and oxygen atoms in total. The topological polar surface area (TPSA) is 59.3 Å². The standard InChI is InChI=1S/C9H12N4O/c1-3-6-9(14)12-8(11-6)7-4-10-5-13(7)2/h4-6H,3H2,1-2H3,(H,11,12,14). The van der Waals surface area contributed by atoms with Gasteiger partial charge in [0.2, 0.25) is 5.91 Å². The summed E-state index contributed by atoms with van der Waals surface area (Å²) >= 11 is 0. The summed E-state index contributed by atoms with van der Waals surface area (Å²) in [7, 11) is 1.87. The van der Waals surface area contributed by atoms with Crippen LogP contribution in [0.5, 0.6) is 0 Å². The fraction of sp³-hybridized carbons (Fsp3) is 0.444. The highest BCUT2D eigenvalue weighted by atomic mass is 16.2. The third-order valence-electron chi connectivity index (χ3n) is 2.28. The Kier molecular flexibility index (Phi) is 2.07. The fourth-order valence-corrected chi connectivity index (χ4v) is 1.44. The van der Waals surface area contributed by atoms with E-state index in [4.69, 9.17) is 0 Å². The molecule has 2 rings (SSSR count). The lowest BCUT2D eigenvalue weighted by atomic mass is 10.2. The number of aliphatic imine (C=N–C) groups is 1. The van der Waals surface area contributed by atoms with Crippen molar-refractivity contribution in [3.05, 3.63) is 18.2 Å². The summed E-state index contributed by atoms with van der Waals surface area (Å²) in [5.41, 5.74) is 0.842. The van der Waals surface area contributed by atoms with Gasteiger partial charge in [0.05, 0.1) is 12.5 Å². The van der Waals surface area contributed by atoms with Crippen molar-refractivity contribution < 1.29 is 4.79 Å². The van der Waals surface area contributed by atoms with Gasteiger partial charge in [-0.3, -0.25) is 9.79 Å². The summed E-state index contributed by atoms with van der Waals surface area (Å²) in [4.78, 5) is 19.6. The molecule has 0 aromatic carbocycles. The number of carbonyl (C=O) groups excluding carboxylic acids is 1. The molecule has 0 spiro atoms. The summed E-state index contributed by atoms with van der Waals surface area (Å²) in [5, 5.41) is 2.75. The van der Waals surface area contributed by atoms with Crippen LogP contribution in [0.2, 0.25) is 0 Å². The Morgan fingerprint density at radius 2 is 2.43 bits per heavy atom. The molecule has 1 N–H and O–H groups in total. The summed E-state index contributed by atoms with van der Waals surface area (Å²) < 4.78 is 1.83. The van der Waals surface area contributed by atoms with E-state index in [2.05, 4.69) is 15.3 Å². The van der Waals surface area contributed by atoms with Crippen molar-refractivity contribution in [3.8, 4) is 0 Å². The Hall–Kier alpha value is -1.65. The SMILES string of the molecule is CCC1N=C(c2cncn2C)NC1=O. The second-order valence-electron chi connectivity index (χ2n) is 3.28. The lowest BCUT2D eigenvalue weighted by molar-refractivity contribution is -0.120. The largest absolute Gasteiger partial charge is 0.331 e. The molecule has 14 heavy (non-hydrogen) atoms. The van der Waals surface area contributed by atoms with E-state index in [-0.39, 0.29) is 11.9 Å². The zero-order valence-electron chi connectivity index (χ0n) is 8.19. The molecule has 1 atom stereocenters. The van der Waals surface area contributed by atoms with Gasteiger partial charge in [-0.05, 0) is 6.42 Å². The lowest BCUT2D eigenvalue weighted by Gasteiger charge is -2.00. The number of nitrogens with zero attached hydrogens (tertiary/aromatic N) is 3. The number of amides is 1. The first-order valence-corrected chi connectivity index (χ1v) is 4.57. The number of aromatic nitrogens is 2. The molecule has 1 aliphatic heterocycles. The smallest absolute Gasteiger partial charge is 0.250 e. The Morgan fingerprint density at radius 1 is 1.64 bits per heavy atom. The van der Waals surface area contributed by atoms with Crippen molar-refractivity contribution >= 4 is 11.7 Å². The molecule has 5 heteroatoms. The zero-order chi connectivity index (χ0) is 10.1. The van der Waals surface area contributed by atoms with E-state index in [1.807, 2.05) is 18.5 Å². The van der Waals surface area contributed by atoms with Gasteiger partial charge in [-0.25, -0.2) is 4.98 Å². The second kappa shape index (κ2) is 3.25. The molecule has 1 amide bonds. The number of aryl methyl sites for hydroxylation is 1. The van der Waals surface area contributed by atoms with Gasteiger partial charge >= 0.3 is 0 Å². The van der Waals surface area contributed by atoms with Crippen LogP contribution in [0.4, 0.5) is 0 Å². The molecule has 0 fully saturated rings. The number of carbonyl (C=O) groups is 1. The molecule has 0 saturated heterocycles. The third-order valence-corrected chi connectivity index (χ3v) is 2.28. The Morgan fingerprint density at radius 3 is 2.93 bits per heavy atom. The van der Waals surface area contributed by atoms with Gasteiger partial charge in [0.15, 0.2) is 5.84 Å². The number of amidine groups is 1. The molecule has 2 heterocycles. The summed E-state index contributed by atoms with van der Waals surface area (Å²) in [6.45, 7) is 1.94. The van der Waals surface area contributed by atoms with E-state index in [1.54, 1.807) is 12.5 Å². The molecule has 1 aromatic rings. The van der Waals surface area contributed by atoms with Crippen LogP contribution in [0.1, 0.15) is 19.0 Å². The first-order chi connectivity index (χ1) is 6.72. The highest BCUT2D eigenvalue weighted by Crippen LogP contribution is 2.09. The summed E-state index contributed by atoms with van der Waals surface area (Å²) in [5.74, 6) is 0.602. The molecule has 1 aliphatic rings. The lowest BCUT2D eigenvalue weighted by Crippen LogP contribution is -2.29. The minimum atomic E-state index is -0.236. The Labute approximate surface area is 81.9 Å². The van der Waals surface area contributed by atoms with E-state index in [0.717, 1.165) is 12.1 Å². The van der Waals surface area contributed by atoms with Gasteiger partial charge in [-0.1, -0.05) is 6.92 Å². The normalized spacial score (nSPS) is 20.9. The predicted octanol–water partition coefficient (Wildman–Crippen LogP) is 0.0751. The van der Waals surface area contributed by atoms with Crippen LogP contribution < -0.4 is 5.32 Å². The van der Waals surface area contributed by atoms with Gasteiger partial charge in [-0.2, -0.15) is 0 Å². The molecule has 1 unspecified atom stereocenters. The van der Waals surface area contributed by atoms with E-state index in [0.29, 0.717) is 5.84 Å². The van der Waals surface area contributed by atoms with Crippen molar-refractivity contribution in [3.63, 3.8) is 0 Å². The Bertz CT molecular complexity index is 393. The number of nitrogens with one attached hydrogen (secondary N) is 1. The van der Waals surface area contributed by atoms with Gasteiger partial charge < -0.3 is 9.88 Å². The van der Waals surface area contributed by atoms with E-state index >= 15 is 0 Å². The first kappa shape index (κ1) is 8.93. The number of imidazole rings is 1. The molecule has 0 saturated carbocycles. The predicted molar refractivity (Wildman–Crippen MR) is 52.0 cm³/mol. The third kappa shape index (κ3) is 1.30. The van der Waals surface area contributed by atoms with Crippen molar-refractivity contribution in [2.45, 2.75) is 19.4 Å². The molecule has 1 aromatic heterocycles. The average molecular weight is 192 g/mol. The van der Waals surface area contributed by atoms with E-state index in [9.17, 15) is 4.79 Å². The molecule has 0 radical (unpaired) electrons. The van der Waals surface area contributed by atoms with Gasteiger partial charge in [-0.15, -0.1) is 0 Å². The van der Waals surface area contributed by atoms with Crippen LogP contribution in [0.15, 0.2) is 17.5 Å². The van der Waals surface area contributed by atoms with Gasteiger partial charge in [0.1, 0.15) is 11.7 Å². The van der Waals surface area contributed by atoms with Crippen molar-refractivity contribution in [2.24, 2.45) is 12.0 Å². The fourth-order valence-electron chi connectivity index (χ4n) is 1.44. The van der Waals surface area contributed by atoms with Crippen LogP contribution >= 0.6 is 0 Å². The number of rotatable bonds is 2. The van der Waals surface area contributed by atoms with E-state index in [1.165, 1.54) is 0 Å². The van der Waals surface area contributed by atoms with Crippen LogP contribution in [0, 0.1) is 0 Å². The maximum atomic E-state index is 11.4. The summed E-state index contributed by atoms with van der Waals surface area (Å²) in [6.07, 6.45) is 4.10. The molecular formula is C9H12N4O. The maximum Gasteiger partial charge on any atom is 0.250 e. The minimum Gasteiger partial charge on any atom is -0.331 e. The average Bonchev–Trinajstić information content (AvgIpc) is 2.71.